The van der Waals surface area contributed by atoms with Gasteiger partial charge in [0.15, 0.2) is 0 Å². The first kappa shape index (κ1) is 12.1. The summed E-state index contributed by atoms with van der Waals surface area (Å²) in [7, 11) is 1.87. The molecule has 1 saturated carbocycles. The normalized spacial score (nSPS) is 16.9. The molecule has 1 aliphatic rings. The van der Waals surface area contributed by atoms with Gasteiger partial charge in [-0.3, -0.25) is 4.79 Å². The van der Waals surface area contributed by atoms with E-state index in [-0.39, 0.29) is 11.9 Å². The average Bonchev–Trinajstić information content (AvgIpc) is 3.04. The van der Waals surface area contributed by atoms with Crippen molar-refractivity contribution in [3.63, 3.8) is 0 Å². The number of imidazole rings is 1. The lowest BCUT2D eigenvalue weighted by Crippen LogP contribution is -2.32. The zero-order chi connectivity index (χ0) is 12.6. The minimum absolute atomic E-state index is 0.0915. The number of carbonyl (C=O) groups excluding carboxylic acids is 1. The lowest BCUT2D eigenvalue weighted by molar-refractivity contribution is -0.131. The average molecular weight is 236 g/mol. The number of rotatable bonds is 4. The number of nitrogens with two attached hydrogens (primary N) is 1. The van der Waals surface area contributed by atoms with Crippen LogP contribution in [-0.2, 0) is 11.3 Å². The number of aromatic nitrogens is 2. The van der Waals surface area contributed by atoms with Crippen molar-refractivity contribution in [2.45, 2.75) is 45.3 Å². The molecule has 1 aromatic rings. The fourth-order valence-corrected chi connectivity index (χ4v) is 1.84. The molecule has 1 aliphatic carbocycles. The molecule has 5 heteroatoms. The zero-order valence-electron chi connectivity index (χ0n) is 10.7. The number of carbonyl (C=O) groups is 1. The van der Waals surface area contributed by atoms with Crippen molar-refractivity contribution in [1.82, 2.24) is 14.5 Å². The molecule has 1 unspecified atom stereocenters. The molecule has 94 valence electrons. The van der Waals surface area contributed by atoms with Crippen molar-refractivity contribution >= 4 is 5.91 Å². The van der Waals surface area contributed by atoms with Gasteiger partial charge in [-0.25, -0.2) is 4.98 Å². The molecular formula is C12H20N4O. The Bertz CT molecular complexity index is 420. The predicted molar refractivity (Wildman–Crippen MR) is 65.4 cm³/mol. The molecule has 1 fully saturated rings. The summed E-state index contributed by atoms with van der Waals surface area (Å²) in [5.41, 5.74) is 6.61. The molecule has 2 N–H and O–H groups in total. The van der Waals surface area contributed by atoms with Crippen LogP contribution in [0.4, 0.5) is 0 Å². The summed E-state index contributed by atoms with van der Waals surface area (Å²) in [5, 5.41) is 0. The highest BCUT2D eigenvalue weighted by atomic mass is 16.2. The van der Waals surface area contributed by atoms with Gasteiger partial charge in [-0.05, 0) is 26.7 Å². The second kappa shape index (κ2) is 4.49. The van der Waals surface area contributed by atoms with E-state index < -0.39 is 0 Å². The first-order chi connectivity index (χ1) is 7.99. The van der Waals surface area contributed by atoms with Gasteiger partial charge in [-0.1, -0.05) is 0 Å². The van der Waals surface area contributed by atoms with Gasteiger partial charge >= 0.3 is 0 Å². The number of hydrogen-bond acceptors (Lipinski definition) is 3. The van der Waals surface area contributed by atoms with Crippen molar-refractivity contribution in [1.29, 1.82) is 0 Å². The first-order valence-corrected chi connectivity index (χ1v) is 6.04. The van der Waals surface area contributed by atoms with Crippen molar-refractivity contribution in [3.05, 3.63) is 17.7 Å². The molecule has 0 saturated heterocycles. The Hall–Kier alpha value is -1.36. The summed E-state index contributed by atoms with van der Waals surface area (Å²) in [6.45, 7) is 4.15. The minimum atomic E-state index is -0.0915. The maximum atomic E-state index is 12.0. The predicted octanol–water partition coefficient (Wildman–Crippen LogP) is 0.832. The van der Waals surface area contributed by atoms with E-state index >= 15 is 0 Å². The Morgan fingerprint density at radius 2 is 2.35 bits per heavy atom. The van der Waals surface area contributed by atoms with Crippen LogP contribution in [-0.4, -0.2) is 33.4 Å². The van der Waals surface area contributed by atoms with E-state index in [1.807, 2.05) is 36.6 Å². The molecule has 1 heterocycles. The van der Waals surface area contributed by atoms with Gasteiger partial charge < -0.3 is 15.2 Å². The SMILES string of the molecule is Cc1nc(C(C)N)cn1CC(=O)N(C)C1CC1. The van der Waals surface area contributed by atoms with Crippen molar-refractivity contribution < 1.29 is 4.79 Å². The zero-order valence-corrected chi connectivity index (χ0v) is 10.7. The second-order valence-corrected chi connectivity index (χ2v) is 4.87. The molecule has 0 bridgehead atoms. The summed E-state index contributed by atoms with van der Waals surface area (Å²) in [5.74, 6) is 0.985. The third-order valence-electron chi connectivity index (χ3n) is 3.25. The molecule has 0 aromatic carbocycles. The Morgan fingerprint density at radius 1 is 1.71 bits per heavy atom. The molecule has 5 nitrogen and oxygen atoms in total. The van der Waals surface area contributed by atoms with Crippen LogP contribution in [0, 0.1) is 6.92 Å². The Balaban J connectivity index is 2.04. The molecular weight excluding hydrogens is 216 g/mol. The van der Waals surface area contributed by atoms with Crippen LogP contribution in [0.5, 0.6) is 0 Å². The topological polar surface area (TPSA) is 64.1 Å². The van der Waals surface area contributed by atoms with Crippen LogP contribution in [0.1, 0.15) is 37.3 Å². The Kier molecular flexibility index (Phi) is 3.19. The third-order valence-corrected chi connectivity index (χ3v) is 3.25. The largest absolute Gasteiger partial charge is 0.341 e. The smallest absolute Gasteiger partial charge is 0.242 e. The van der Waals surface area contributed by atoms with Gasteiger partial charge in [0.25, 0.3) is 0 Å². The first-order valence-electron chi connectivity index (χ1n) is 6.04. The molecule has 0 spiro atoms. The van der Waals surface area contributed by atoms with Gasteiger partial charge in [0.2, 0.25) is 5.91 Å². The molecule has 1 amide bonds. The third kappa shape index (κ3) is 2.66. The van der Waals surface area contributed by atoms with Gasteiger partial charge in [0, 0.05) is 25.3 Å². The lowest BCUT2D eigenvalue weighted by Gasteiger charge is -2.16. The van der Waals surface area contributed by atoms with E-state index in [0.29, 0.717) is 12.6 Å². The highest BCUT2D eigenvalue weighted by molar-refractivity contribution is 5.76. The monoisotopic (exact) mass is 236 g/mol. The lowest BCUT2D eigenvalue weighted by atomic mass is 10.3. The second-order valence-electron chi connectivity index (χ2n) is 4.87. The summed E-state index contributed by atoms with van der Waals surface area (Å²) >= 11 is 0. The van der Waals surface area contributed by atoms with Gasteiger partial charge in [0.05, 0.1) is 5.69 Å². The van der Waals surface area contributed by atoms with Gasteiger partial charge in [0.1, 0.15) is 12.4 Å². The molecule has 0 radical (unpaired) electrons. The molecule has 0 aliphatic heterocycles. The van der Waals surface area contributed by atoms with Gasteiger partial charge in [-0.2, -0.15) is 0 Å². The van der Waals surface area contributed by atoms with Crippen LogP contribution >= 0.6 is 0 Å². The summed E-state index contributed by atoms with van der Waals surface area (Å²) in [4.78, 5) is 18.2. The van der Waals surface area contributed by atoms with Crippen LogP contribution in [0.25, 0.3) is 0 Å². The Morgan fingerprint density at radius 3 is 2.82 bits per heavy atom. The summed E-state index contributed by atoms with van der Waals surface area (Å²) < 4.78 is 1.87. The summed E-state index contributed by atoms with van der Waals surface area (Å²) in [6.07, 6.45) is 4.14. The molecule has 17 heavy (non-hydrogen) atoms. The van der Waals surface area contributed by atoms with Crippen molar-refractivity contribution in [2.75, 3.05) is 7.05 Å². The van der Waals surface area contributed by atoms with E-state index in [9.17, 15) is 4.79 Å². The minimum Gasteiger partial charge on any atom is -0.341 e. The molecule has 2 rings (SSSR count). The van der Waals surface area contributed by atoms with E-state index in [0.717, 1.165) is 24.4 Å². The van der Waals surface area contributed by atoms with Crippen LogP contribution in [0.3, 0.4) is 0 Å². The quantitative estimate of drug-likeness (QED) is 0.842. The van der Waals surface area contributed by atoms with Crippen LogP contribution < -0.4 is 5.73 Å². The highest BCUT2D eigenvalue weighted by Crippen LogP contribution is 2.25. The number of nitrogens with zero attached hydrogens (tertiary/aromatic N) is 3. The molecule has 1 atom stereocenters. The van der Waals surface area contributed by atoms with E-state index in [4.69, 9.17) is 5.73 Å². The number of amides is 1. The fraction of sp³-hybridized carbons (Fsp3) is 0.667. The maximum Gasteiger partial charge on any atom is 0.242 e. The van der Waals surface area contributed by atoms with Crippen molar-refractivity contribution in [2.24, 2.45) is 5.73 Å². The summed E-state index contributed by atoms with van der Waals surface area (Å²) in [6, 6.07) is 0.366. The fourth-order valence-electron chi connectivity index (χ4n) is 1.84. The number of likely N-dealkylation sites (N-methyl/N-ethyl adjacent to an activating group) is 1. The van der Waals surface area contributed by atoms with Crippen LogP contribution in [0.15, 0.2) is 6.20 Å². The number of aryl methyl sites for hydroxylation is 1. The Labute approximate surface area is 102 Å². The van der Waals surface area contributed by atoms with E-state index in [1.165, 1.54) is 0 Å². The van der Waals surface area contributed by atoms with Crippen LogP contribution in [0.2, 0.25) is 0 Å². The van der Waals surface area contributed by atoms with E-state index in [1.54, 1.807) is 0 Å². The number of hydrogen-bond donors (Lipinski definition) is 1. The molecule has 1 aromatic heterocycles. The maximum absolute atomic E-state index is 12.0. The standard InChI is InChI=1S/C12H20N4O/c1-8(13)11-6-16(9(2)14-11)7-12(17)15(3)10-4-5-10/h6,8,10H,4-5,7,13H2,1-3H3. The van der Waals surface area contributed by atoms with E-state index in [2.05, 4.69) is 4.98 Å². The van der Waals surface area contributed by atoms with Crippen molar-refractivity contribution in [3.8, 4) is 0 Å². The van der Waals surface area contributed by atoms with Gasteiger partial charge in [-0.15, -0.1) is 0 Å². The highest BCUT2D eigenvalue weighted by Gasteiger charge is 2.29.